The minimum atomic E-state index is -0.0703. The number of aromatic nitrogens is 1. The molecule has 2 aliphatic rings. The molecular formula is C19H20BrN3O2S. The minimum Gasteiger partial charge on any atom is -0.493 e. The number of aliphatic imine (C=N–C) groups is 1. The van der Waals surface area contributed by atoms with E-state index >= 15 is 0 Å². The number of rotatable bonds is 4. The quantitative estimate of drug-likeness (QED) is 0.712. The Morgan fingerprint density at radius 2 is 2.08 bits per heavy atom. The maximum atomic E-state index is 5.74. The van der Waals surface area contributed by atoms with Crippen LogP contribution >= 0.6 is 27.7 Å². The maximum absolute atomic E-state index is 5.74. The summed E-state index contributed by atoms with van der Waals surface area (Å²) in [5.74, 6) is 1.47. The molecule has 3 atom stereocenters. The third-order valence-corrected chi connectivity index (χ3v) is 6.23. The summed E-state index contributed by atoms with van der Waals surface area (Å²) in [6.45, 7) is 3.19. The van der Waals surface area contributed by atoms with Gasteiger partial charge in [0.2, 0.25) is 0 Å². The van der Waals surface area contributed by atoms with Crippen LogP contribution in [-0.4, -0.2) is 41.1 Å². The van der Waals surface area contributed by atoms with E-state index in [0.717, 1.165) is 33.2 Å². The highest BCUT2D eigenvalue weighted by Gasteiger charge is 2.45. The SMILES string of the molecule is COc1cc(Br)cc([C@@H]2[C@@H](c3ccccn3)N=C3S[C@H](C)CN32)c1OC. The molecule has 1 aromatic heterocycles. The van der Waals surface area contributed by atoms with Gasteiger partial charge in [-0.3, -0.25) is 9.98 Å². The van der Waals surface area contributed by atoms with Crippen molar-refractivity contribution < 1.29 is 9.47 Å². The van der Waals surface area contributed by atoms with Crippen LogP contribution in [0.4, 0.5) is 0 Å². The van der Waals surface area contributed by atoms with Gasteiger partial charge in [-0.25, -0.2) is 0 Å². The molecule has 0 saturated carbocycles. The number of hydrogen-bond acceptors (Lipinski definition) is 6. The van der Waals surface area contributed by atoms with Crippen LogP contribution < -0.4 is 9.47 Å². The summed E-state index contributed by atoms with van der Waals surface area (Å²) in [5.41, 5.74) is 2.02. The predicted octanol–water partition coefficient (Wildman–Crippen LogP) is 4.45. The van der Waals surface area contributed by atoms with Gasteiger partial charge in [0.25, 0.3) is 0 Å². The number of amidine groups is 1. The van der Waals surface area contributed by atoms with E-state index in [0.29, 0.717) is 11.0 Å². The van der Waals surface area contributed by atoms with E-state index < -0.39 is 0 Å². The van der Waals surface area contributed by atoms with Crippen molar-refractivity contribution in [2.75, 3.05) is 20.8 Å². The second-order valence-corrected chi connectivity index (χ2v) is 8.69. The van der Waals surface area contributed by atoms with Gasteiger partial charge < -0.3 is 14.4 Å². The number of nitrogens with zero attached hydrogens (tertiary/aromatic N) is 3. The van der Waals surface area contributed by atoms with Gasteiger partial charge in [-0.15, -0.1) is 0 Å². The third kappa shape index (κ3) is 2.97. The van der Waals surface area contributed by atoms with Gasteiger partial charge in [-0.2, -0.15) is 0 Å². The molecule has 0 radical (unpaired) electrons. The molecular weight excluding hydrogens is 414 g/mol. The highest BCUT2D eigenvalue weighted by molar-refractivity contribution is 9.10. The molecule has 3 heterocycles. The van der Waals surface area contributed by atoms with Crippen LogP contribution in [0.1, 0.15) is 30.3 Å². The van der Waals surface area contributed by atoms with E-state index in [-0.39, 0.29) is 12.1 Å². The highest BCUT2D eigenvalue weighted by Crippen LogP contribution is 2.51. The van der Waals surface area contributed by atoms with Crippen molar-refractivity contribution in [1.82, 2.24) is 9.88 Å². The van der Waals surface area contributed by atoms with E-state index in [9.17, 15) is 0 Å². The van der Waals surface area contributed by atoms with E-state index in [2.05, 4.69) is 38.8 Å². The van der Waals surface area contributed by atoms with Gasteiger partial charge >= 0.3 is 0 Å². The molecule has 2 aliphatic heterocycles. The van der Waals surface area contributed by atoms with Gasteiger partial charge in [0.1, 0.15) is 6.04 Å². The molecule has 5 nitrogen and oxygen atoms in total. The van der Waals surface area contributed by atoms with Crippen molar-refractivity contribution in [3.05, 3.63) is 52.3 Å². The molecule has 1 saturated heterocycles. The van der Waals surface area contributed by atoms with Crippen molar-refractivity contribution >= 4 is 32.9 Å². The van der Waals surface area contributed by atoms with Crippen molar-refractivity contribution in [3.63, 3.8) is 0 Å². The lowest BCUT2D eigenvalue weighted by Gasteiger charge is -2.29. The fourth-order valence-electron chi connectivity index (χ4n) is 3.63. The number of ether oxygens (including phenoxy) is 2. The topological polar surface area (TPSA) is 47.0 Å². The number of halogens is 1. The van der Waals surface area contributed by atoms with Gasteiger partial charge in [0, 0.05) is 28.0 Å². The average Bonchev–Trinajstić information content (AvgIpc) is 3.17. The van der Waals surface area contributed by atoms with Crippen LogP contribution in [0.5, 0.6) is 11.5 Å². The lowest BCUT2D eigenvalue weighted by atomic mass is 9.95. The first-order valence-electron chi connectivity index (χ1n) is 8.45. The van der Waals surface area contributed by atoms with Gasteiger partial charge in [-0.05, 0) is 24.3 Å². The number of fused-ring (bicyclic) bond motifs is 1. The maximum Gasteiger partial charge on any atom is 0.166 e. The first-order valence-corrected chi connectivity index (χ1v) is 10.1. The molecule has 136 valence electrons. The fraction of sp³-hybridized carbons (Fsp3) is 0.368. The number of methoxy groups -OCH3 is 2. The van der Waals surface area contributed by atoms with Crippen molar-refractivity contribution in [1.29, 1.82) is 0 Å². The molecule has 0 amide bonds. The third-order valence-electron chi connectivity index (χ3n) is 4.67. The molecule has 0 aliphatic carbocycles. The van der Waals surface area contributed by atoms with Crippen LogP contribution in [0, 0.1) is 0 Å². The van der Waals surface area contributed by atoms with Crippen LogP contribution in [0.25, 0.3) is 0 Å². The highest BCUT2D eigenvalue weighted by atomic mass is 79.9. The molecule has 2 aromatic rings. The number of pyridine rings is 1. The Kier molecular flexibility index (Phi) is 4.84. The molecule has 0 bridgehead atoms. The van der Waals surface area contributed by atoms with Crippen LogP contribution in [0.15, 0.2) is 46.0 Å². The zero-order valence-corrected chi connectivity index (χ0v) is 17.3. The predicted molar refractivity (Wildman–Crippen MR) is 108 cm³/mol. The zero-order chi connectivity index (χ0) is 18.3. The normalized spacial score (nSPS) is 24.4. The van der Waals surface area contributed by atoms with Crippen molar-refractivity contribution in [2.24, 2.45) is 4.99 Å². The first-order chi connectivity index (χ1) is 12.6. The molecule has 1 fully saturated rings. The molecule has 0 N–H and O–H groups in total. The van der Waals surface area contributed by atoms with Crippen LogP contribution in [-0.2, 0) is 0 Å². The van der Waals surface area contributed by atoms with Gasteiger partial charge in [-0.1, -0.05) is 40.7 Å². The average molecular weight is 434 g/mol. The molecule has 26 heavy (non-hydrogen) atoms. The summed E-state index contributed by atoms with van der Waals surface area (Å²) in [7, 11) is 3.35. The van der Waals surface area contributed by atoms with Crippen molar-refractivity contribution in [3.8, 4) is 11.5 Å². The van der Waals surface area contributed by atoms with Gasteiger partial charge in [0.15, 0.2) is 16.7 Å². The van der Waals surface area contributed by atoms with E-state index in [1.807, 2.05) is 42.2 Å². The van der Waals surface area contributed by atoms with E-state index in [4.69, 9.17) is 14.5 Å². The van der Waals surface area contributed by atoms with Crippen LogP contribution in [0.2, 0.25) is 0 Å². The summed E-state index contributed by atoms with van der Waals surface area (Å²) >= 11 is 5.44. The minimum absolute atomic E-state index is 0.0266. The molecule has 7 heteroatoms. The summed E-state index contributed by atoms with van der Waals surface area (Å²) in [5, 5.41) is 1.60. The van der Waals surface area contributed by atoms with E-state index in [1.165, 1.54) is 0 Å². The first kappa shape index (κ1) is 17.7. The van der Waals surface area contributed by atoms with E-state index in [1.54, 1.807) is 14.2 Å². The number of benzene rings is 1. The fourth-order valence-corrected chi connectivity index (χ4v) is 5.18. The van der Waals surface area contributed by atoms with Crippen molar-refractivity contribution in [2.45, 2.75) is 24.3 Å². The summed E-state index contributed by atoms with van der Waals surface area (Å²) < 4.78 is 12.3. The Labute approximate surface area is 165 Å². The Morgan fingerprint density at radius 3 is 2.77 bits per heavy atom. The Hall–Kier alpha value is -1.73. The zero-order valence-electron chi connectivity index (χ0n) is 14.8. The number of thioether (sulfide) groups is 1. The molecule has 1 aromatic carbocycles. The second-order valence-electron chi connectivity index (χ2n) is 6.37. The Balaban J connectivity index is 1.86. The standard InChI is InChI=1S/C19H20BrN3O2S/c1-11-10-23-17(13-8-12(20)9-15(24-2)18(13)25-3)16(22-19(23)26-11)14-6-4-5-7-21-14/h4-9,11,16-17H,10H2,1-3H3/t11-,16-,17-/m1/s1. The molecule has 0 unspecified atom stereocenters. The van der Waals surface area contributed by atoms with Gasteiger partial charge in [0.05, 0.1) is 26.0 Å². The largest absolute Gasteiger partial charge is 0.493 e. The Morgan fingerprint density at radius 1 is 1.23 bits per heavy atom. The summed E-state index contributed by atoms with van der Waals surface area (Å²) in [6.07, 6.45) is 1.82. The lowest BCUT2D eigenvalue weighted by molar-refractivity contribution is 0.298. The monoisotopic (exact) mass is 433 g/mol. The molecule has 0 spiro atoms. The summed E-state index contributed by atoms with van der Waals surface area (Å²) in [4.78, 5) is 12.0. The summed E-state index contributed by atoms with van der Waals surface area (Å²) in [6, 6.07) is 9.97. The Bertz CT molecular complexity index is 846. The lowest BCUT2D eigenvalue weighted by Crippen LogP contribution is -2.29. The molecule has 4 rings (SSSR count). The smallest absolute Gasteiger partial charge is 0.166 e. The van der Waals surface area contributed by atoms with Crippen LogP contribution in [0.3, 0.4) is 0 Å². The second kappa shape index (κ2) is 7.12. The number of hydrogen-bond donors (Lipinski definition) is 0.